The Morgan fingerprint density at radius 1 is 1.18 bits per heavy atom. The van der Waals surface area contributed by atoms with Crippen molar-refractivity contribution in [2.45, 2.75) is 45.4 Å². The molecule has 0 bridgehead atoms. The summed E-state index contributed by atoms with van der Waals surface area (Å²) < 4.78 is 7.45. The summed E-state index contributed by atoms with van der Waals surface area (Å²) in [6.45, 7) is 4.83. The van der Waals surface area contributed by atoms with Gasteiger partial charge in [-0.3, -0.25) is 14.6 Å². The van der Waals surface area contributed by atoms with Crippen molar-refractivity contribution in [3.63, 3.8) is 0 Å². The fraction of sp³-hybridized carbons (Fsp3) is 0.462. The molecule has 0 radical (unpaired) electrons. The van der Waals surface area contributed by atoms with E-state index in [2.05, 4.69) is 34.5 Å². The SMILES string of the molecule is Cc1cccc(/C=N/Nc2cc3nc(C(=O)CC4CCCCC4)cn3c(N3CCOCC3)n2)c1. The summed E-state index contributed by atoms with van der Waals surface area (Å²) in [4.78, 5) is 24.7. The van der Waals surface area contributed by atoms with Crippen LogP contribution in [0.25, 0.3) is 5.65 Å². The van der Waals surface area contributed by atoms with E-state index in [1.54, 1.807) is 6.21 Å². The Kier molecular flexibility index (Phi) is 6.85. The zero-order valence-electron chi connectivity index (χ0n) is 19.7. The molecule has 0 unspecified atom stereocenters. The highest BCUT2D eigenvalue weighted by atomic mass is 16.5. The standard InChI is InChI=1S/C26H32N6O2/c1-19-6-5-9-21(14-19)17-27-30-24-16-25-28-22(23(33)15-20-7-3-2-4-8-20)18-32(25)26(29-24)31-10-12-34-13-11-31/h5-6,9,14,16-18,20,30H,2-4,7-8,10-13,15H2,1H3/b27-17+. The molecule has 8 heteroatoms. The number of benzene rings is 1. The van der Waals surface area contributed by atoms with Gasteiger partial charge < -0.3 is 9.64 Å². The van der Waals surface area contributed by atoms with Crippen LogP contribution >= 0.6 is 0 Å². The van der Waals surface area contributed by atoms with Crippen LogP contribution in [-0.4, -0.2) is 52.7 Å². The summed E-state index contributed by atoms with van der Waals surface area (Å²) >= 11 is 0. The van der Waals surface area contributed by atoms with Gasteiger partial charge in [0.15, 0.2) is 11.6 Å². The van der Waals surface area contributed by atoms with Gasteiger partial charge in [-0.15, -0.1) is 0 Å². The summed E-state index contributed by atoms with van der Waals surface area (Å²) in [6.07, 6.45) is 10.2. The van der Waals surface area contributed by atoms with E-state index >= 15 is 0 Å². The van der Waals surface area contributed by atoms with Crippen LogP contribution in [0.1, 0.15) is 60.1 Å². The first-order chi connectivity index (χ1) is 16.7. The van der Waals surface area contributed by atoms with Crippen molar-refractivity contribution < 1.29 is 9.53 Å². The Balaban J connectivity index is 1.41. The number of imidazole rings is 1. The van der Waals surface area contributed by atoms with Gasteiger partial charge in [0.2, 0.25) is 5.95 Å². The van der Waals surface area contributed by atoms with Crippen LogP contribution in [-0.2, 0) is 4.74 Å². The minimum atomic E-state index is 0.121. The zero-order chi connectivity index (χ0) is 23.3. The second kappa shape index (κ2) is 10.3. The predicted molar refractivity (Wildman–Crippen MR) is 134 cm³/mol. The number of Topliss-reactive ketones (excluding diaryl/α,β-unsaturated/α-hetero) is 1. The third kappa shape index (κ3) is 5.28. The number of aromatic nitrogens is 3. The Morgan fingerprint density at radius 3 is 2.79 bits per heavy atom. The van der Waals surface area contributed by atoms with Gasteiger partial charge in [-0.2, -0.15) is 10.1 Å². The highest BCUT2D eigenvalue weighted by Gasteiger charge is 2.22. The first-order valence-corrected chi connectivity index (χ1v) is 12.3. The quantitative estimate of drug-likeness (QED) is 0.318. The molecule has 0 amide bonds. The van der Waals surface area contributed by atoms with Crippen LogP contribution in [0.3, 0.4) is 0 Å². The van der Waals surface area contributed by atoms with Crippen molar-refractivity contribution in [3.05, 3.63) is 53.3 Å². The lowest BCUT2D eigenvalue weighted by atomic mass is 9.85. The normalized spacial score (nSPS) is 17.5. The van der Waals surface area contributed by atoms with Crippen molar-refractivity contribution >= 4 is 29.4 Å². The van der Waals surface area contributed by atoms with E-state index in [-0.39, 0.29) is 5.78 Å². The van der Waals surface area contributed by atoms with Crippen molar-refractivity contribution in [2.75, 3.05) is 36.6 Å². The van der Waals surface area contributed by atoms with Gasteiger partial charge in [0.25, 0.3) is 0 Å². The smallest absolute Gasteiger partial charge is 0.213 e. The number of aryl methyl sites for hydroxylation is 1. The zero-order valence-corrected chi connectivity index (χ0v) is 19.7. The number of rotatable bonds is 7. The van der Waals surface area contributed by atoms with Crippen LogP contribution in [0, 0.1) is 12.8 Å². The molecular weight excluding hydrogens is 428 g/mol. The molecule has 1 aromatic carbocycles. The van der Waals surface area contributed by atoms with Crippen LogP contribution in [0.15, 0.2) is 41.6 Å². The second-order valence-electron chi connectivity index (χ2n) is 9.31. The number of carbonyl (C=O) groups excluding carboxylic acids is 1. The number of anilines is 2. The minimum Gasteiger partial charge on any atom is -0.378 e. The summed E-state index contributed by atoms with van der Waals surface area (Å²) in [5, 5.41) is 4.38. The monoisotopic (exact) mass is 460 g/mol. The number of hydrogen-bond donors (Lipinski definition) is 1. The molecule has 1 N–H and O–H groups in total. The average molecular weight is 461 g/mol. The van der Waals surface area contributed by atoms with E-state index < -0.39 is 0 Å². The third-order valence-corrected chi connectivity index (χ3v) is 6.65. The van der Waals surface area contributed by atoms with E-state index in [0.717, 1.165) is 37.4 Å². The number of morpholine rings is 1. The van der Waals surface area contributed by atoms with E-state index in [4.69, 9.17) is 14.7 Å². The highest BCUT2D eigenvalue weighted by Crippen LogP contribution is 2.28. The maximum absolute atomic E-state index is 13.0. The molecule has 2 aliphatic rings. The first-order valence-electron chi connectivity index (χ1n) is 12.3. The molecule has 2 fully saturated rings. The maximum Gasteiger partial charge on any atom is 0.213 e. The van der Waals surface area contributed by atoms with E-state index in [1.807, 2.05) is 28.8 Å². The molecule has 178 valence electrons. The molecule has 8 nitrogen and oxygen atoms in total. The highest BCUT2D eigenvalue weighted by molar-refractivity contribution is 5.95. The van der Waals surface area contributed by atoms with Gasteiger partial charge in [0.1, 0.15) is 11.3 Å². The third-order valence-electron chi connectivity index (χ3n) is 6.65. The van der Waals surface area contributed by atoms with E-state index in [1.165, 1.54) is 24.8 Å². The van der Waals surface area contributed by atoms with Gasteiger partial charge in [-0.05, 0) is 18.4 Å². The van der Waals surface area contributed by atoms with Crippen LogP contribution in [0.4, 0.5) is 11.8 Å². The number of nitrogens with zero attached hydrogens (tertiary/aromatic N) is 5. The number of ether oxygens (including phenoxy) is 1. The summed E-state index contributed by atoms with van der Waals surface area (Å²) in [5.41, 5.74) is 6.45. The number of fused-ring (bicyclic) bond motifs is 1. The number of ketones is 1. The Hall–Kier alpha value is -3.26. The summed E-state index contributed by atoms with van der Waals surface area (Å²) in [7, 11) is 0. The van der Waals surface area contributed by atoms with Gasteiger partial charge >= 0.3 is 0 Å². The topological polar surface area (TPSA) is 84.1 Å². The van der Waals surface area contributed by atoms with Crippen molar-refractivity contribution in [1.82, 2.24) is 14.4 Å². The van der Waals surface area contributed by atoms with Crippen LogP contribution in [0.2, 0.25) is 0 Å². The molecule has 1 aliphatic carbocycles. The molecule has 0 spiro atoms. The van der Waals surface area contributed by atoms with Gasteiger partial charge in [-0.25, -0.2) is 4.98 Å². The van der Waals surface area contributed by atoms with Crippen LogP contribution in [0.5, 0.6) is 0 Å². The Morgan fingerprint density at radius 2 is 2.00 bits per heavy atom. The molecule has 1 saturated carbocycles. The van der Waals surface area contributed by atoms with E-state index in [0.29, 0.717) is 42.7 Å². The summed E-state index contributed by atoms with van der Waals surface area (Å²) in [5.74, 6) is 1.94. The molecule has 34 heavy (non-hydrogen) atoms. The lowest BCUT2D eigenvalue weighted by Gasteiger charge is -2.28. The Bertz CT molecular complexity index is 1180. The van der Waals surface area contributed by atoms with Crippen molar-refractivity contribution in [2.24, 2.45) is 11.0 Å². The number of carbonyl (C=O) groups is 1. The number of hydrogen-bond acceptors (Lipinski definition) is 7. The van der Waals surface area contributed by atoms with Crippen molar-refractivity contribution in [1.29, 1.82) is 0 Å². The maximum atomic E-state index is 13.0. The summed E-state index contributed by atoms with van der Waals surface area (Å²) in [6, 6.07) is 9.98. The molecule has 0 atom stereocenters. The predicted octanol–water partition coefficient (Wildman–Crippen LogP) is 4.47. The van der Waals surface area contributed by atoms with Gasteiger partial charge in [-0.1, -0.05) is 61.9 Å². The minimum absolute atomic E-state index is 0.121. The van der Waals surface area contributed by atoms with Crippen molar-refractivity contribution in [3.8, 4) is 0 Å². The van der Waals surface area contributed by atoms with E-state index in [9.17, 15) is 4.79 Å². The molecule has 1 saturated heterocycles. The molecule has 2 aromatic heterocycles. The van der Waals surface area contributed by atoms with Gasteiger partial charge in [0, 0.05) is 31.8 Å². The molecule has 1 aliphatic heterocycles. The molecule has 3 heterocycles. The number of hydrazone groups is 1. The molecular formula is C26H32N6O2. The average Bonchev–Trinajstić information content (AvgIpc) is 3.29. The second-order valence-corrected chi connectivity index (χ2v) is 9.31. The lowest BCUT2D eigenvalue weighted by Crippen LogP contribution is -2.38. The number of nitrogens with one attached hydrogen (secondary N) is 1. The Labute approximate surface area is 200 Å². The largest absolute Gasteiger partial charge is 0.378 e. The molecule has 5 rings (SSSR count). The van der Waals surface area contributed by atoms with Gasteiger partial charge in [0.05, 0.1) is 19.4 Å². The lowest BCUT2D eigenvalue weighted by molar-refractivity contribution is 0.0946. The molecule has 3 aromatic rings. The van der Waals surface area contributed by atoms with Crippen LogP contribution < -0.4 is 10.3 Å². The first kappa shape index (κ1) is 22.5. The fourth-order valence-corrected chi connectivity index (χ4v) is 4.83. The fourth-order valence-electron chi connectivity index (χ4n) is 4.83.